The maximum atomic E-state index is 2.49. The molecule has 0 fully saturated rings. The maximum absolute atomic E-state index is 2.49. The fourth-order valence-electron chi connectivity index (χ4n) is 8.75. The van der Waals surface area contributed by atoms with Gasteiger partial charge in [0.25, 0.3) is 0 Å². The van der Waals surface area contributed by atoms with E-state index in [1.165, 1.54) is 103 Å². The van der Waals surface area contributed by atoms with Crippen molar-refractivity contribution in [3.63, 3.8) is 0 Å². The summed E-state index contributed by atoms with van der Waals surface area (Å²) < 4.78 is 0. The highest BCUT2D eigenvalue weighted by molar-refractivity contribution is 7.67. The van der Waals surface area contributed by atoms with Gasteiger partial charge < -0.3 is 0 Å². The van der Waals surface area contributed by atoms with Crippen molar-refractivity contribution in [1.82, 2.24) is 0 Å². The summed E-state index contributed by atoms with van der Waals surface area (Å²) in [6.45, 7) is 0. The number of hydrogen-bond acceptors (Lipinski definition) is 0. The Hall–Kier alpha value is -6.46. The Labute approximate surface area is 309 Å². The number of hydrogen-bond donors (Lipinski definition) is 0. The van der Waals surface area contributed by atoms with Crippen LogP contribution in [0, 0.1) is 0 Å². The van der Waals surface area contributed by atoms with Gasteiger partial charge in [-0.15, -0.1) is 0 Å². The minimum atomic E-state index is -0.622. The van der Waals surface area contributed by atoms with Crippen LogP contribution in [-0.4, -0.2) is 0 Å². The first-order valence-electron chi connectivity index (χ1n) is 18.3. The molecule has 1 heterocycles. The van der Waals surface area contributed by atoms with Crippen molar-refractivity contribution in [3.05, 3.63) is 200 Å². The summed E-state index contributed by atoms with van der Waals surface area (Å²) in [5.74, 6) is 0. The highest BCUT2D eigenvalue weighted by atomic mass is 31.1. The molecule has 0 saturated carbocycles. The minimum Gasteiger partial charge on any atom is -0.0772 e. The van der Waals surface area contributed by atoms with Gasteiger partial charge >= 0.3 is 0 Å². The molecule has 1 aromatic heterocycles. The molecule has 1 unspecified atom stereocenters. The predicted octanol–water partition coefficient (Wildman–Crippen LogP) is 15.6. The monoisotopic (exact) mass is 688 g/mol. The summed E-state index contributed by atoms with van der Waals surface area (Å²) in [7, 11) is -0.622. The van der Waals surface area contributed by atoms with Crippen molar-refractivity contribution in [3.8, 4) is 38.7 Å². The molecular formula is C52H33P. The summed E-state index contributed by atoms with van der Waals surface area (Å²) in [4.78, 5) is 0. The Kier molecular flexibility index (Phi) is 6.87. The lowest BCUT2D eigenvalue weighted by molar-refractivity contribution is 1.63. The summed E-state index contributed by atoms with van der Waals surface area (Å²) >= 11 is 0. The topological polar surface area (TPSA) is 0 Å². The molecule has 0 N–H and O–H groups in total. The molecule has 11 rings (SSSR count). The van der Waals surface area contributed by atoms with Gasteiger partial charge in [-0.1, -0.05) is 171 Å². The van der Waals surface area contributed by atoms with E-state index in [-0.39, 0.29) is 0 Å². The second-order valence-corrected chi connectivity index (χ2v) is 16.2. The first-order valence-corrected chi connectivity index (χ1v) is 19.7. The Morgan fingerprint density at radius 2 is 0.755 bits per heavy atom. The lowest BCUT2D eigenvalue weighted by Crippen LogP contribution is -1.94. The van der Waals surface area contributed by atoms with Gasteiger partial charge in [-0.2, -0.15) is 0 Å². The van der Waals surface area contributed by atoms with Gasteiger partial charge in [-0.3, -0.25) is 0 Å². The average Bonchev–Trinajstić information content (AvgIpc) is 3.56. The van der Waals surface area contributed by atoms with Crippen molar-refractivity contribution in [1.29, 1.82) is 0 Å². The average molecular weight is 689 g/mol. The van der Waals surface area contributed by atoms with Crippen molar-refractivity contribution in [2.75, 3.05) is 0 Å². The minimum absolute atomic E-state index is 0.622. The third-order valence-corrected chi connectivity index (χ3v) is 13.7. The number of fused-ring (bicyclic) bond motifs is 7. The molecule has 10 aromatic carbocycles. The van der Waals surface area contributed by atoms with E-state index in [1.807, 2.05) is 0 Å². The van der Waals surface area contributed by atoms with E-state index in [4.69, 9.17) is 0 Å². The van der Waals surface area contributed by atoms with Gasteiger partial charge in [0, 0.05) is 10.2 Å². The van der Waals surface area contributed by atoms with Gasteiger partial charge in [0.2, 0.25) is 0 Å². The Bertz CT molecular complexity index is 3210. The quantitative estimate of drug-likeness (QED) is 0.162. The fraction of sp³-hybridized carbons (Fsp3) is 0. The van der Waals surface area contributed by atoms with Crippen LogP contribution in [-0.2, 0) is 0 Å². The van der Waals surface area contributed by atoms with E-state index in [1.54, 1.807) is 0 Å². The Morgan fingerprint density at radius 1 is 0.264 bits per heavy atom. The van der Waals surface area contributed by atoms with Crippen LogP contribution in [0.2, 0.25) is 0 Å². The molecule has 1 atom stereocenters. The van der Waals surface area contributed by atoms with Crippen LogP contribution >= 0.6 is 7.53 Å². The van der Waals surface area contributed by atoms with Gasteiger partial charge in [-0.25, -0.2) is 0 Å². The van der Waals surface area contributed by atoms with Gasteiger partial charge in [-0.05, 0) is 129 Å². The molecule has 53 heavy (non-hydrogen) atoms. The van der Waals surface area contributed by atoms with Crippen molar-refractivity contribution < 1.29 is 0 Å². The van der Waals surface area contributed by atoms with E-state index < -0.39 is 7.53 Å². The molecule has 0 spiro atoms. The van der Waals surface area contributed by atoms with Crippen LogP contribution in [0.25, 0.3) is 103 Å². The molecule has 0 saturated heterocycles. The molecule has 1 heteroatoms. The molecule has 0 aliphatic heterocycles. The van der Waals surface area contributed by atoms with E-state index in [0.29, 0.717) is 0 Å². The zero-order chi connectivity index (χ0) is 34.9. The predicted molar refractivity (Wildman–Crippen MR) is 232 cm³/mol. The third kappa shape index (κ3) is 4.77. The Balaban J connectivity index is 1.28. The van der Waals surface area contributed by atoms with E-state index in [0.717, 1.165) is 0 Å². The van der Waals surface area contributed by atoms with Gasteiger partial charge in [0.05, 0.1) is 0 Å². The lowest BCUT2D eigenvalue weighted by Gasteiger charge is -2.21. The molecule has 0 bridgehead atoms. The van der Waals surface area contributed by atoms with E-state index in [2.05, 4.69) is 200 Å². The number of benzene rings is 10. The third-order valence-electron chi connectivity index (χ3n) is 11.1. The zero-order valence-electron chi connectivity index (χ0n) is 29.0. The second kappa shape index (κ2) is 12.1. The molecule has 246 valence electrons. The first-order chi connectivity index (χ1) is 26.3. The van der Waals surface area contributed by atoms with Crippen molar-refractivity contribution in [2.45, 2.75) is 0 Å². The summed E-state index contributed by atoms with van der Waals surface area (Å²) in [6, 6.07) is 74.7. The van der Waals surface area contributed by atoms with Gasteiger partial charge in [0.1, 0.15) is 0 Å². The molecule has 11 aromatic rings. The lowest BCUT2D eigenvalue weighted by atomic mass is 9.82. The van der Waals surface area contributed by atoms with Crippen LogP contribution in [0.15, 0.2) is 200 Å². The largest absolute Gasteiger partial charge is 0.0772 e. The second-order valence-electron chi connectivity index (χ2n) is 14.1. The maximum Gasteiger partial charge on any atom is 0.00687 e. The molecule has 0 radical (unpaired) electrons. The molecular weight excluding hydrogens is 656 g/mol. The first kappa shape index (κ1) is 30.2. The molecule has 0 aliphatic carbocycles. The number of rotatable bonds is 4. The summed E-state index contributed by atoms with van der Waals surface area (Å²) in [5.41, 5.74) is 7.57. The smallest absolute Gasteiger partial charge is 0.00687 e. The van der Waals surface area contributed by atoms with Crippen LogP contribution < -0.4 is 0 Å². The normalized spacial score (nSPS) is 12.1. The molecule has 0 aliphatic rings. The standard InChI is InChI=1S/C52H33P/c1-3-15-34(16-4-1)44-29-35-17-7-8-18-36(35)30-46(44)52-43-25-12-11-24-42(43)51(47-31-37-19-9-10-20-38(37)32-48(47)52)39-27-28-50-45(33-39)41-23-13-14-26-49(41)53(50)40-21-5-2-6-22-40/h1-33H. The Morgan fingerprint density at radius 3 is 1.43 bits per heavy atom. The van der Waals surface area contributed by atoms with Crippen LogP contribution in [0.3, 0.4) is 0 Å². The van der Waals surface area contributed by atoms with E-state index >= 15 is 0 Å². The SMILES string of the molecule is c1ccc(-c2cc3ccccc3cc2-c2c3ccccc3c(-c3ccc4c(c3)c3ccccc3p4-c3ccccc3)c3cc4ccccc4cc23)cc1. The van der Waals surface area contributed by atoms with Crippen LogP contribution in [0.1, 0.15) is 0 Å². The van der Waals surface area contributed by atoms with Crippen LogP contribution in [0.4, 0.5) is 0 Å². The summed E-state index contributed by atoms with van der Waals surface area (Å²) in [6.07, 6.45) is 0. The molecule has 0 amide bonds. The highest BCUT2D eigenvalue weighted by Gasteiger charge is 2.22. The van der Waals surface area contributed by atoms with E-state index in [9.17, 15) is 0 Å². The highest BCUT2D eigenvalue weighted by Crippen LogP contribution is 2.56. The van der Waals surface area contributed by atoms with Crippen molar-refractivity contribution in [2.24, 2.45) is 0 Å². The van der Waals surface area contributed by atoms with Crippen molar-refractivity contribution >= 4 is 71.6 Å². The van der Waals surface area contributed by atoms with Crippen LogP contribution in [0.5, 0.6) is 0 Å². The summed E-state index contributed by atoms with van der Waals surface area (Å²) in [5, 5.41) is 17.1. The molecule has 0 nitrogen and oxygen atoms in total. The van der Waals surface area contributed by atoms with Gasteiger partial charge in [0.15, 0.2) is 0 Å². The fourth-order valence-corrected chi connectivity index (χ4v) is 11.4. The zero-order valence-corrected chi connectivity index (χ0v) is 29.9.